The van der Waals surface area contributed by atoms with Crippen LogP contribution in [0, 0.1) is 6.92 Å². The minimum Gasteiger partial charge on any atom is -0.460 e. The summed E-state index contributed by atoms with van der Waals surface area (Å²) >= 11 is 0. The summed E-state index contributed by atoms with van der Waals surface area (Å²) in [5, 5.41) is 0. The monoisotopic (exact) mass is 293 g/mol. The second kappa shape index (κ2) is 5.93. The summed E-state index contributed by atoms with van der Waals surface area (Å²) in [4.78, 5) is 16.5. The van der Waals surface area contributed by atoms with Gasteiger partial charge >= 0.3 is 11.8 Å². The average Bonchev–Trinajstić information content (AvgIpc) is 2.55. The van der Waals surface area contributed by atoms with Crippen LogP contribution in [-0.2, 0) is 4.74 Å². The lowest BCUT2D eigenvalue weighted by molar-refractivity contribution is -0.503. The molecule has 2 heterocycles. The van der Waals surface area contributed by atoms with Crippen LogP contribution in [0.15, 0.2) is 54.7 Å². The third-order valence-electron chi connectivity index (χ3n) is 3.42. The van der Waals surface area contributed by atoms with Crippen LogP contribution in [0.25, 0.3) is 16.9 Å². The molecule has 1 aromatic carbocycles. The minimum absolute atomic E-state index is 0.323. The molecular formula is C18H17N2O2+. The average molecular weight is 293 g/mol. The molecule has 0 fully saturated rings. The van der Waals surface area contributed by atoms with Gasteiger partial charge in [-0.3, -0.25) is 0 Å². The molecule has 0 radical (unpaired) electrons. The Morgan fingerprint density at radius 3 is 2.68 bits per heavy atom. The van der Waals surface area contributed by atoms with Crippen LogP contribution in [0.3, 0.4) is 0 Å². The van der Waals surface area contributed by atoms with E-state index in [1.54, 1.807) is 13.0 Å². The lowest BCUT2D eigenvalue weighted by Crippen LogP contribution is -2.27. The van der Waals surface area contributed by atoms with Crippen molar-refractivity contribution in [2.75, 3.05) is 6.61 Å². The first kappa shape index (κ1) is 14.2. The fourth-order valence-corrected chi connectivity index (χ4v) is 2.32. The summed E-state index contributed by atoms with van der Waals surface area (Å²) in [7, 11) is 0. The summed E-state index contributed by atoms with van der Waals surface area (Å²) in [5.74, 6) is 0.323. The van der Waals surface area contributed by atoms with Crippen molar-refractivity contribution in [2.45, 2.75) is 13.8 Å². The number of carbonyl (C=O) groups excluding carboxylic acids is 1. The Morgan fingerprint density at radius 1 is 1.18 bits per heavy atom. The Balaban J connectivity index is 2.22. The van der Waals surface area contributed by atoms with Crippen LogP contribution in [0.1, 0.15) is 23.0 Å². The molecule has 0 saturated carbocycles. The predicted octanol–water partition coefficient (Wildman–Crippen LogP) is 2.97. The molecule has 0 unspecified atom stereocenters. The normalized spacial score (nSPS) is 10.6. The van der Waals surface area contributed by atoms with Crippen LogP contribution < -0.4 is 4.40 Å². The zero-order valence-electron chi connectivity index (χ0n) is 12.6. The molecule has 4 nitrogen and oxygen atoms in total. The van der Waals surface area contributed by atoms with Gasteiger partial charge in [-0.25, -0.2) is 4.79 Å². The molecule has 0 spiro atoms. The molecule has 0 amide bonds. The molecule has 0 aliphatic rings. The van der Waals surface area contributed by atoms with Gasteiger partial charge in [-0.2, -0.15) is 4.40 Å². The zero-order valence-corrected chi connectivity index (χ0v) is 12.6. The van der Waals surface area contributed by atoms with Gasteiger partial charge in [-0.15, -0.1) is 0 Å². The van der Waals surface area contributed by atoms with E-state index >= 15 is 0 Å². The first-order valence-electron chi connectivity index (χ1n) is 7.24. The quantitative estimate of drug-likeness (QED) is 0.551. The number of hydrogen-bond acceptors (Lipinski definition) is 3. The van der Waals surface area contributed by atoms with E-state index in [2.05, 4.69) is 4.98 Å². The highest BCUT2D eigenvalue weighted by molar-refractivity contribution is 5.88. The van der Waals surface area contributed by atoms with Gasteiger partial charge in [-0.1, -0.05) is 23.8 Å². The number of aryl methyl sites for hydroxylation is 1. The number of nitrogens with zero attached hydrogens (tertiary/aromatic N) is 2. The first-order valence-corrected chi connectivity index (χ1v) is 7.24. The Hall–Kier alpha value is -2.75. The fraction of sp³-hybridized carbons (Fsp3) is 0.167. The fourth-order valence-electron chi connectivity index (χ4n) is 2.32. The van der Waals surface area contributed by atoms with Crippen molar-refractivity contribution < 1.29 is 13.9 Å². The van der Waals surface area contributed by atoms with Crippen LogP contribution in [0.5, 0.6) is 0 Å². The van der Waals surface area contributed by atoms with Crippen molar-refractivity contribution in [2.24, 2.45) is 0 Å². The maximum absolute atomic E-state index is 12.0. The molecule has 22 heavy (non-hydrogen) atoms. The van der Waals surface area contributed by atoms with Crippen molar-refractivity contribution in [3.8, 4) is 11.4 Å². The number of benzene rings is 1. The van der Waals surface area contributed by atoms with Gasteiger partial charge in [0.2, 0.25) is 0 Å². The molecule has 0 atom stereocenters. The van der Waals surface area contributed by atoms with E-state index in [1.807, 2.05) is 60.0 Å². The van der Waals surface area contributed by atoms with E-state index in [1.165, 1.54) is 5.56 Å². The first-order chi connectivity index (χ1) is 10.7. The molecule has 0 N–H and O–H groups in total. The highest BCUT2D eigenvalue weighted by Crippen LogP contribution is 2.16. The Labute approximate surface area is 129 Å². The Morgan fingerprint density at radius 2 is 1.95 bits per heavy atom. The molecule has 4 heteroatoms. The summed E-state index contributed by atoms with van der Waals surface area (Å²) in [6.45, 7) is 4.16. The summed E-state index contributed by atoms with van der Waals surface area (Å²) in [6.07, 6.45) is 1.94. The largest absolute Gasteiger partial charge is 0.460 e. The molecule has 2 aromatic heterocycles. The second-order valence-corrected chi connectivity index (χ2v) is 5.05. The zero-order chi connectivity index (χ0) is 15.5. The topological polar surface area (TPSA) is 43.3 Å². The third kappa shape index (κ3) is 2.68. The highest BCUT2D eigenvalue weighted by atomic mass is 16.5. The summed E-state index contributed by atoms with van der Waals surface area (Å²) < 4.78 is 7.04. The number of aromatic nitrogens is 2. The molecule has 0 aliphatic heterocycles. The van der Waals surface area contributed by atoms with Gasteiger partial charge in [0.1, 0.15) is 5.52 Å². The minimum atomic E-state index is -0.401. The van der Waals surface area contributed by atoms with Gasteiger partial charge in [0.25, 0.3) is 5.69 Å². The van der Waals surface area contributed by atoms with Gasteiger partial charge in [0.05, 0.1) is 18.4 Å². The molecular weight excluding hydrogens is 276 g/mol. The number of esters is 1. The highest BCUT2D eigenvalue weighted by Gasteiger charge is 2.22. The van der Waals surface area contributed by atoms with E-state index < -0.39 is 5.97 Å². The van der Waals surface area contributed by atoms with Crippen molar-refractivity contribution in [1.82, 2.24) is 4.98 Å². The van der Waals surface area contributed by atoms with Gasteiger partial charge in [0, 0.05) is 6.07 Å². The van der Waals surface area contributed by atoms with E-state index in [4.69, 9.17) is 4.74 Å². The van der Waals surface area contributed by atoms with E-state index in [0.29, 0.717) is 12.3 Å². The van der Waals surface area contributed by atoms with E-state index in [0.717, 1.165) is 16.9 Å². The van der Waals surface area contributed by atoms with Crippen LogP contribution in [0.4, 0.5) is 0 Å². The Kier molecular flexibility index (Phi) is 3.83. The molecule has 0 saturated heterocycles. The standard InChI is InChI=1S/C18H17N2O2/c1-3-22-18(21)16-12-15-6-4-5-11-20(15)17(19-16)14-9-7-13(2)8-10-14/h4-12H,3H2,1-2H3/q+1. The summed E-state index contributed by atoms with van der Waals surface area (Å²) in [6, 6.07) is 15.6. The van der Waals surface area contributed by atoms with Crippen molar-refractivity contribution in [3.05, 3.63) is 66.0 Å². The maximum atomic E-state index is 12.0. The molecule has 0 aliphatic carbocycles. The number of hydrogen-bond donors (Lipinski definition) is 0. The maximum Gasteiger partial charge on any atom is 0.383 e. The molecule has 110 valence electrons. The van der Waals surface area contributed by atoms with Crippen molar-refractivity contribution in [3.63, 3.8) is 0 Å². The number of carbonyl (C=O) groups is 1. The Bertz CT molecular complexity index is 826. The van der Waals surface area contributed by atoms with E-state index in [9.17, 15) is 4.79 Å². The SMILES string of the molecule is CCOC(=O)c1cc2cccc[n+]2c(-c2ccc(C)cc2)n1. The second-order valence-electron chi connectivity index (χ2n) is 5.05. The number of pyridine rings is 1. The van der Waals surface area contributed by atoms with Crippen molar-refractivity contribution in [1.29, 1.82) is 0 Å². The van der Waals surface area contributed by atoms with Crippen molar-refractivity contribution >= 4 is 11.5 Å². The molecule has 3 aromatic rings. The molecule has 3 rings (SSSR count). The van der Waals surface area contributed by atoms with Crippen LogP contribution >= 0.6 is 0 Å². The third-order valence-corrected chi connectivity index (χ3v) is 3.42. The van der Waals surface area contributed by atoms with Gasteiger partial charge in [0.15, 0.2) is 0 Å². The van der Waals surface area contributed by atoms with Gasteiger partial charge < -0.3 is 4.74 Å². The smallest absolute Gasteiger partial charge is 0.383 e. The summed E-state index contributed by atoms with van der Waals surface area (Å²) in [5.41, 5.74) is 3.36. The van der Waals surface area contributed by atoms with Gasteiger partial charge in [-0.05, 0) is 43.1 Å². The van der Waals surface area contributed by atoms with Crippen LogP contribution in [-0.4, -0.2) is 17.6 Å². The number of ether oxygens (including phenoxy) is 1. The number of fused-ring (bicyclic) bond motifs is 1. The number of rotatable bonds is 3. The van der Waals surface area contributed by atoms with Crippen LogP contribution in [0.2, 0.25) is 0 Å². The lowest BCUT2D eigenvalue weighted by atomic mass is 10.1. The lowest BCUT2D eigenvalue weighted by Gasteiger charge is -2.03. The van der Waals surface area contributed by atoms with E-state index in [-0.39, 0.29) is 0 Å². The predicted molar refractivity (Wildman–Crippen MR) is 83.5 cm³/mol. The molecule has 0 bridgehead atoms.